The van der Waals surface area contributed by atoms with Gasteiger partial charge in [0.05, 0.1) is 13.7 Å². The summed E-state index contributed by atoms with van der Waals surface area (Å²) in [7, 11) is 1.35. The molecule has 2 N–H and O–H groups in total. The van der Waals surface area contributed by atoms with Crippen LogP contribution in [0.3, 0.4) is 0 Å². The van der Waals surface area contributed by atoms with Crippen molar-refractivity contribution in [1.29, 1.82) is 0 Å². The lowest BCUT2D eigenvalue weighted by molar-refractivity contribution is -0.144. The van der Waals surface area contributed by atoms with Crippen molar-refractivity contribution < 1.29 is 14.3 Å². The number of rotatable bonds is 4. The van der Waals surface area contributed by atoms with Gasteiger partial charge in [0.25, 0.3) is 0 Å². The maximum absolute atomic E-state index is 12.7. The van der Waals surface area contributed by atoms with Crippen LogP contribution >= 0.6 is 0 Å². The molecule has 0 saturated heterocycles. The number of aromatic amines is 1. The quantitative estimate of drug-likeness (QED) is 0.838. The molecule has 1 aromatic carbocycles. The summed E-state index contributed by atoms with van der Waals surface area (Å²) < 4.78 is 4.84. The monoisotopic (exact) mass is 343 g/mol. The predicted molar refractivity (Wildman–Crippen MR) is 96.2 cm³/mol. The maximum Gasteiger partial charge on any atom is 0.328 e. The maximum atomic E-state index is 12.7. The summed E-state index contributed by atoms with van der Waals surface area (Å²) >= 11 is 0. The van der Waals surface area contributed by atoms with Gasteiger partial charge in [-0.05, 0) is 24.0 Å². The van der Waals surface area contributed by atoms with Gasteiger partial charge in [-0.2, -0.15) is 0 Å². The SMILES string of the molecule is CC[C@H](C)[C@@H](NC(=O)N1CCc2c([nH]c3ccccc23)C1)C(=O)OC. The van der Waals surface area contributed by atoms with Crippen molar-refractivity contribution in [1.82, 2.24) is 15.2 Å². The van der Waals surface area contributed by atoms with Crippen LogP contribution in [0.1, 0.15) is 31.5 Å². The highest BCUT2D eigenvalue weighted by atomic mass is 16.5. The highest BCUT2D eigenvalue weighted by Crippen LogP contribution is 2.27. The Morgan fingerprint density at radius 2 is 2.12 bits per heavy atom. The number of aromatic nitrogens is 1. The van der Waals surface area contributed by atoms with Gasteiger partial charge in [0.1, 0.15) is 6.04 Å². The second kappa shape index (κ2) is 7.17. The number of nitrogens with one attached hydrogen (secondary N) is 2. The number of methoxy groups -OCH3 is 1. The van der Waals surface area contributed by atoms with Crippen molar-refractivity contribution in [2.45, 2.75) is 39.3 Å². The third kappa shape index (κ3) is 3.34. The summed E-state index contributed by atoms with van der Waals surface area (Å²) in [5.74, 6) is -0.379. The Hall–Kier alpha value is -2.50. The van der Waals surface area contributed by atoms with Crippen molar-refractivity contribution in [3.05, 3.63) is 35.5 Å². The zero-order valence-electron chi connectivity index (χ0n) is 15.0. The highest BCUT2D eigenvalue weighted by molar-refractivity contribution is 5.86. The molecule has 1 aromatic heterocycles. The van der Waals surface area contributed by atoms with Gasteiger partial charge in [-0.3, -0.25) is 0 Å². The summed E-state index contributed by atoms with van der Waals surface area (Å²) in [5, 5.41) is 4.08. The van der Waals surface area contributed by atoms with Crippen LogP contribution in [0.4, 0.5) is 4.79 Å². The molecule has 0 unspecified atom stereocenters. The van der Waals surface area contributed by atoms with E-state index < -0.39 is 12.0 Å². The second-order valence-electron chi connectivity index (χ2n) is 6.64. The van der Waals surface area contributed by atoms with Crippen LogP contribution in [0.5, 0.6) is 0 Å². The van der Waals surface area contributed by atoms with Gasteiger partial charge >= 0.3 is 12.0 Å². The number of para-hydroxylation sites is 1. The van der Waals surface area contributed by atoms with Crippen molar-refractivity contribution in [3.63, 3.8) is 0 Å². The predicted octanol–water partition coefficient (Wildman–Crippen LogP) is 2.82. The van der Waals surface area contributed by atoms with E-state index in [1.807, 2.05) is 32.0 Å². The van der Waals surface area contributed by atoms with Gasteiger partial charge in [0.15, 0.2) is 0 Å². The molecule has 6 nitrogen and oxygen atoms in total. The fourth-order valence-corrected chi connectivity index (χ4v) is 3.39. The van der Waals surface area contributed by atoms with E-state index in [1.165, 1.54) is 18.1 Å². The molecule has 1 aliphatic rings. The van der Waals surface area contributed by atoms with Gasteiger partial charge in [0, 0.05) is 23.1 Å². The van der Waals surface area contributed by atoms with Crippen molar-refractivity contribution in [2.24, 2.45) is 5.92 Å². The van der Waals surface area contributed by atoms with Crippen LogP contribution in [0.15, 0.2) is 24.3 Å². The Kier molecular flexibility index (Phi) is 4.97. The Balaban J connectivity index is 1.74. The number of carbonyl (C=O) groups excluding carboxylic acids is 2. The number of carbonyl (C=O) groups is 2. The Bertz CT molecular complexity index is 783. The number of amides is 2. The number of H-pyrrole nitrogens is 1. The van der Waals surface area contributed by atoms with Gasteiger partial charge < -0.3 is 19.9 Å². The van der Waals surface area contributed by atoms with Gasteiger partial charge in [-0.1, -0.05) is 38.5 Å². The lowest BCUT2D eigenvalue weighted by Gasteiger charge is -2.30. The first-order chi connectivity index (χ1) is 12.0. The normalized spacial score (nSPS) is 16.2. The number of esters is 1. The zero-order valence-corrected chi connectivity index (χ0v) is 15.0. The topological polar surface area (TPSA) is 74.4 Å². The molecular formula is C19H25N3O3. The molecule has 2 atom stereocenters. The first-order valence-corrected chi connectivity index (χ1v) is 8.76. The molecule has 0 saturated carbocycles. The van der Waals surface area contributed by atoms with Gasteiger partial charge in [-0.25, -0.2) is 9.59 Å². The lowest BCUT2D eigenvalue weighted by Crippen LogP contribution is -2.51. The molecule has 1 aliphatic heterocycles. The molecule has 2 amide bonds. The first kappa shape index (κ1) is 17.3. The molecule has 3 rings (SSSR count). The second-order valence-corrected chi connectivity index (χ2v) is 6.64. The number of hydrogen-bond acceptors (Lipinski definition) is 3. The van der Waals surface area contributed by atoms with Crippen LogP contribution in [0.2, 0.25) is 0 Å². The summed E-state index contributed by atoms with van der Waals surface area (Å²) in [4.78, 5) is 29.8. The third-order valence-electron chi connectivity index (χ3n) is 5.12. The van der Waals surface area contributed by atoms with E-state index in [-0.39, 0.29) is 11.9 Å². The minimum atomic E-state index is -0.619. The minimum Gasteiger partial charge on any atom is -0.467 e. The average molecular weight is 343 g/mol. The molecule has 6 heteroatoms. The number of nitrogens with zero attached hydrogens (tertiary/aromatic N) is 1. The molecule has 2 heterocycles. The largest absolute Gasteiger partial charge is 0.467 e. The van der Waals surface area contributed by atoms with Crippen LogP contribution < -0.4 is 5.32 Å². The van der Waals surface area contributed by atoms with E-state index in [0.717, 1.165) is 24.1 Å². The smallest absolute Gasteiger partial charge is 0.328 e. The van der Waals surface area contributed by atoms with E-state index in [1.54, 1.807) is 4.90 Å². The number of benzene rings is 1. The summed E-state index contributed by atoms with van der Waals surface area (Å²) in [6.45, 7) is 5.08. The first-order valence-electron chi connectivity index (χ1n) is 8.76. The lowest BCUT2D eigenvalue weighted by atomic mass is 9.99. The standard InChI is InChI=1S/C19H25N3O3/c1-4-12(2)17(18(23)25-3)21-19(24)22-10-9-14-13-7-5-6-8-15(13)20-16(14)11-22/h5-8,12,17,20H,4,9-11H2,1-3H3,(H,21,24)/t12-,17+/m0/s1. The molecule has 0 fully saturated rings. The van der Waals surface area contributed by atoms with E-state index >= 15 is 0 Å². The summed E-state index contributed by atoms with van der Waals surface area (Å²) in [6, 6.07) is 7.35. The average Bonchev–Trinajstić information content (AvgIpc) is 3.02. The molecule has 2 aromatic rings. The fourth-order valence-electron chi connectivity index (χ4n) is 3.39. The molecule has 0 spiro atoms. The number of fused-ring (bicyclic) bond motifs is 3. The van der Waals surface area contributed by atoms with Crippen molar-refractivity contribution >= 4 is 22.9 Å². The summed E-state index contributed by atoms with van der Waals surface area (Å²) in [5.41, 5.74) is 3.45. The van der Waals surface area contributed by atoms with E-state index in [2.05, 4.69) is 16.4 Å². The highest BCUT2D eigenvalue weighted by Gasteiger charge is 2.30. The minimum absolute atomic E-state index is 0.0184. The number of ether oxygens (including phenoxy) is 1. The number of hydrogen-bond donors (Lipinski definition) is 2. The molecule has 0 aliphatic carbocycles. The Labute approximate surface area is 147 Å². The molecule has 134 valence electrons. The van der Waals surface area contributed by atoms with Crippen molar-refractivity contribution in [2.75, 3.05) is 13.7 Å². The van der Waals surface area contributed by atoms with Crippen molar-refractivity contribution in [3.8, 4) is 0 Å². The third-order valence-corrected chi connectivity index (χ3v) is 5.12. The van der Waals surface area contributed by atoms with Gasteiger partial charge in [-0.15, -0.1) is 0 Å². The molecule has 0 bridgehead atoms. The zero-order chi connectivity index (χ0) is 18.0. The summed E-state index contributed by atoms with van der Waals surface area (Å²) in [6.07, 6.45) is 1.59. The van der Waals surface area contributed by atoms with E-state index in [9.17, 15) is 9.59 Å². The van der Waals surface area contributed by atoms with Crippen LogP contribution in [-0.4, -0.2) is 41.6 Å². The van der Waals surface area contributed by atoms with E-state index in [4.69, 9.17) is 4.74 Å². The Morgan fingerprint density at radius 1 is 1.36 bits per heavy atom. The Morgan fingerprint density at radius 3 is 2.84 bits per heavy atom. The number of urea groups is 1. The molecule has 0 radical (unpaired) electrons. The van der Waals surface area contributed by atoms with Gasteiger partial charge in [0.2, 0.25) is 0 Å². The van der Waals surface area contributed by atoms with Crippen LogP contribution in [0.25, 0.3) is 10.9 Å². The van der Waals surface area contributed by atoms with Crippen LogP contribution in [0, 0.1) is 5.92 Å². The molecule has 25 heavy (non-hydrogen) atoms. The fraction of sp³-hybridized carbons (Fsp3) is 0.474. The van der Waals surface area contributed by atoms with E-state index in [0.29, 0.717) is 13.1 Å². The molecular weight excluding hydrogens is 318 g/mol. The van der Waals surface area contributed by atoms with Crippen LogP contribution in [-0.2, 0) is 22.5 Å².